The van der Waals surface area contributed by atoms with Crippen LogP contribution in [-0.4, -0.2) is 40.3 Å². The van der Waals surface area contributed by atoms with Gasteiger partial charge in [0.05, 0.1) is 12.0 Å². The van der Waals surface area contributed by atoms with Gasteiger partial charge in [-0.2, -0.15) is 13.2 Å². The summed E-state index contributed by atoms with van der Waals surface area (Å²) in [6.45, 7) is 0. The van der Waals surface area contributed by atoms with Crippen molar-refractivity contribution in [1.82, 2.24) is 4.90 Å². The van der Waals surface area contributed by atoms with Gasteiger partial charge in [-0.3, -0.25) is 4.79 Å². The molecule has 1 N–H and O–H groups in total. The van der Waals surface area contributed by atoms with Gasteiger partial charge >= 0.3 is 6.18 Å². The Morgan fingerprint density at radius 1 is 1.00 bits per heavy atom. The van der Waals surface area contributed by atoms with Gasteiger partial charge in [-0.15, -0.1) is 0 Å². The third kappa shape index (κ3) is 2.91. The molecule has 2 aliphatic heterocycles. The minimum atomic E-state index is -4.18. The fourth-order valence-corrected chi connectivity index (χ4v) is 4.43. The Labute approximate surface area is 122 Å². The van der Waals surface area contributed by atoms with Crippen molar-refractivity contribution in [3.63, 3.8) is 0 Å². The molecule has 2 bridgehead atoms. The molecule has 0 aromatic rings. The molecule has 4 atom stereocenters. The van der Waals surface area contributed by atoms with Crippen LogP contribution in [0.3, 0.4) is 0 Å². The van der Waals surface area contributed by atoms with Crippen molar-refractivity contribution >= 4 is 5.91 Å². The van der Waals surface area contributed by atoms with Crippen LogP contribution in [0, 0.1) is 11.8 Å². The molecule has 2 heterocycles. The van der Waals surface area contributed by atoms with E-state index in [1.165, 1.54) is 0 Å². The molecule has 1 aliphatic carbocycles. The number of aliphatic hydroxyl groups is 1. The zero-order valence-electron chi connectivity index (χ0n) is 12.0. The number of rotatable bonds is 1. The summed E-state index contributed by atoms with van der Waals surface area (Å²) in [5, 5.41) is 9.76. The van der Waals surface area contributed by atoms with Gasteiger partial charge in [0, 0.05) is 18.0 Å². The Morgan fingerprint density at radius 3 is 2.19 bits per heavy atom. The molecule has 4 unspecified atom stereocenters. The smallest absolute Gasteiger partial charge is 0.391 e. The van der Waals surface area contributed by atoms with Gasteiger partial charge in [0.25, 0.3) is 0 Å². The van der Waals surface area contributed by atoms with Crippen molar-refractivity contribution < 1.29 is 23.1 Å². The molecule has 0 aromatic carbocycles. The minimum Gasteiger partial charge on any atom is -0.393 e. The summed E-state index contributed by atoms with van der Waals surface area (Å²) in [6.07, 6.45) is -0.478. The first kappa shape index (κ1) is 15.1. The summed E-state index contributed by atoms with van der Waals surface area (Å²) >= 11 is 0. The van der Waals surface area contributed by atoms with E-state index in [4.69, 9.17) is 0 Å². The second kappa shape index (κ2) is 5.45. The van der Waals surface area contributed by atoms with Crippen LogP contribution in [0.2, 0.25) is 0 Å². The first-order valence-corrected chi connectivity index (χ1v) is 7.93. The highest BCUT2D eigenvalue weighted by Crippen LogP contribution is 2.43. The maximum absolute atomic E-state index is 12.9. The van der Waals surface area contributed by atoms with Crippen LogP contribution in [0.5, 0.6) is 0 Å². The van der Waals surface area contributed by atoms with Crippen LogP contribution in [0.4, 0.5) is 13.2 Å². The van der Waals surface area contributed by atoms with E-state index in [-0.39, 0.29) is 36.9 Å². The van der Waals surface area contributed by atoms with Gasteiger partial charge in [0.2, 0.25) is 5.91 Å². The molecule has 1 amide bonds. The SMILES string of the molecule is O=C(C1CCCC(C(F)(F)F)C1)N1C2CCC1CC(O)C2. The van der Waals surface area contributed by atoms with Gasteiger partial charge in [-0.05, 0) is 44.9 Å². The number of fused-ring (bicyclic) bond motifs is 2. The lowest BCUT2D eigenvalue weighted by molar-refractivity contribution is -0.187. The van der Waals surface area contributed by atoms with E-state index in [0.29, 0.717) is 25.7 Å². The van der Waals surface area contributed by atoms with Crippen molar-refractivity contribution in [2.24, 2.45) is 11.8 Å². The molecule has 3 rings (SSSR count). The highest BCUT2D eigenvalue weighted by molar-refractivity contribution is 5.80. The van der Waals surface area contributed by atoms with Crippen molar-refractivity contribution in [3.05, 3.63) is 0 Å². The topological polar surface area (TPSA) is 40.5 Å². The Hall–Kier alpha value is -0.780. The summed E-state index contributed by atoms with van der Waals surface area (Å²) in [5.74, 6) is -1.90. The van der Waals surface area contributed by atoms with Crippen LogP contribution in [0.15, 0.2) is 0 Å². The van der Waals surface area contributed by atoms with Crippen LogP contribution in [0.25, 0.3) is 0 Å². The van der Waals surface area contributed by atoms with Crippen molar-refractivity contribution in [1.29, 1.82) is 0 Å². The number of amides is 1. The second-order valence-electron chi connectivity index (χ2n) is 6.86. The first-order chi connectivity index (χ1) is 9.86. The molecule has 3 fully saturated rings. The lowest BCUT2D eigenvalue weighted by atomic mass is 9.79. The fourth-order valence-electron chi connectivity index (χ4n) is 4.43. The molecular formula is C15H22F3NO2. The minimum absolute atomic E-state index is 0.0394. The number of piperidine rings is 1. The molecule has 6 heteroatoms. The van der Waals surface area contributed by atoms with Crippen LogP contribution >= 0.6 is 0 Å². The summed E-state index contributed by atoms with van der Waals surface area (Å²) < 4.78 is 38.6. The van der Waals surface area contributed by atoms with E-state index < -0.39 is 18.0 Å². The van der Waals surface area contributed by atoms with Crippen molar-refractivity contribution in [3.8, 4) is 0 Å². The first-order valence-electron chi connectivity index (χ1n) is 7.93. The zero-order valence-corrected chi connectivity index (χ0v) is 12.0. The molecule has 0 spiro atoms. The zero-order chi connectivity index (χ0) is 15.2. The fraction of sp³-hybridized carbons (Fsp3) is 0.933. The van der Waals surface area contributed by atoms with Crippen LogP contribution in [-0.2, 0) is 4.79 Å². The second-order valence-corrected chi connectivity index (χ2v) is 6.86. The number of carbonyl (C=O) groups is 1. The highest BCUT2D eigenvalue weighted by Gasteiger charge is 2.48. The van der Waals surface area contributed by atoms with Gasteiger partial charge in [0.15, 0.2) is 0 Å². The molecule has 2 saturated heterocycles. The maximum Gasteiger partial charge on any atom is 0.391 e. The summed E-state index contributed by atoms with van der Waals surface area (Å²) in [6, 6.07) is 0.0787. The number of halogens is 3. The number of aliphatic hydroxyl groups excluding tert-OH is 1. The summed E-state index contributed by atoms with van der Waals surface area (Å²) in [5.41, 5.74) is 0. The molecule has 1 saturated carbocycles. The van der Waals surface area contributed by atoms with Gasteiger partial charge in [-0.25, -0.2) is 0 Å². The third-order valence-electron chi connectivity index (χ3n) is 5.45. The van der Waals surface area contributed by atoms with E-state index in [1.807, 2.05) is 4.90 Å². The maximum atomic E-state index is 12.9. The number of hydrogen-bond acceptors (Lipinski definition) is 2. The average molecular weight is 305 g/mol. The average Bonchev–Trinajstić information content (AvgIpc) is 2.69. The van der Waals surface area contributed by atoms with E-state index in [1.54, 1.807) is 0 Å². The van der Waals surface area contributed by atoms with E-state index in [9.17, 15) is 23.1 Å². The summed E-state index contributed by atoms with van der Waals surface area (Å²) in [4.78, 5) is 14.5. The Balaban J connectivity index is 1.68. The molecule has 3 aliphatic rings. The van der Waals surface area contributed by atoms with Crippen LogP contribution in [0.1, 0.15) is 51.4 Å². The van der Waals surface area contributed by atoms with Gasteiger partial charge < -0.3 is 10.0 Å². The normalized spacial score (nSPS) is 40.4. The number of carbonyl (C=O) groups excluding carboxylic acids is 1. The monoisotopic (exact) mass is 305 g/mol. The molecular weight excluding hydrogens is 283 g/mol. The third-order valence-corrected chi connectivity index (χ3v) is 5.45. The Bertz CT molecular complexity index is 398. The molecule has 0 radical (unpaired) electrons. The van der Waals surface area contributed by atoms with Crippen LogP contribution < -0.4 is 0 Å². The number of nitrogens with zero attached hydrogens (tertiary/aromatic N) is 1. The van der Waals surface area contributed by atoms with E-state index in [0.717, 1.165) is 12.8 Å². The van der Waals surface area contributed by atoms with Gasteiger partial charge in [0.1, 0.15) is 0 Å². The lowest BCUT2D eigenvalue weighted by Gasteiger charge is -2.40. The molecule has 3 nitrogen and oxygen atoms in total. The number of hydrogen-bond donors (Lipinski definition) is 1. The Kier molecular flexibility index (Phi) is 3.93. The Morgan fingerprint density at radius 2 is 1.62 bits per heavy atom. The largest absolute Gasteiger partial charge is 0.393 e. The van der Waals surface area contributed by atoms with E-state index in [2.05, 4.69) is 0 Å². The predicted octanol–water partition coefficient (Wildman–Crippen LogP) is 2.87. The lowest BCUT2D eigenvalue weighted by Crippen LogP contribution is -2.51. The standard InChI is InChI=1S/C15H22F3NO2/c16-15(17,18)10-3-1-2-9(6-10)14(21)19-11-4-5-12(19)8-13(20)7-11/h9-13,20H,1-8H2. The predicted molar refractivity (Wildman–Crippen MR) is 70.4 cm³/mol. The highest BCUT2D eigenvalue weighted by atomic mass is 19.4. The molecule has 120 valence electrons. The van der Waals surface area contributed by atoms with E-state index >= 15 is 0 Å². The summed E-state index contributed by atoms with van der Waals surface area (Å²) in [7, 11) is 0. The van der Waals surface area contributed by atoms with Gasteiger partial charge in [-0.1, -0.05) is 6.42 Å². The molecule has 21 heavy (non-hydrogen) atoms. The number of alkyl halides is 3. The molecule has 0 aromatic heterocycles. The quantitative estimate of drug-likeness (QED) is 0.809. The van der Waals surface area contributed by atoms with Crippen molar-refractivity contribution in [2.75, 3.05) is 0 Å². The van der Waals surface area contributed by atoms with Crippen molar-refractivity contribution in [2.45, 2.75) is 75.7 Å².